The van der Waals surface area contributed by atoms with Crippen molar-refractivity contribution < 1.29 is 14.0 Å². The van der Waals surface area contributed by atoms with Crippen LogP contribution >= 0.6 is 0 Å². The number of carbonyl (C=O) groups is 2. The molecule has 0 bridgehead atoms. The summed E-state index contributed by atoms with van der Waals surface area (Å²) >= 11 is 0. The van der Waals surface area contributed by atoms with Gasteiger partial charge in [-0.1, -0.05) is 0 Å². The fourth-order valence-corrected chi connectivity index (χ4v) is 2.93. The van der Waals surface area contributed by atoms with Gasteiger partial charge in [-0.2, -0.15) is 0 Å². The van der Waals surface area contributed by atoms with E-state index in [-0.39, 0.29) is 36.0 Å². The minimum Gasteiger partial charge on any atom is -0.436 e. The number of aromatic nitrogens is 1. The molecule has 3 rings (SSSR count). The number of nitrogens with zero attached hydrogens (tertiary/aromatic N) is 1. The lowest BCUT2D eigenvalue weighted by atomic mass is 10.1. The summed E-state index contributed by atoms with van der Waals surface area (Å²) < 4.78 is 5.87. The van der Waals surface area contributed by atoms with Gasteiger partial charge in [0.05, 0.1) is 13.1 Å². The number of fused-ring (bicyclic) bond motifs is 1. The normalized spacial score (nSPS) is 12.1. The van der Waals surface area contributed by atoms with E-state index in [4.69, 9.17) is 4.42 Å². The molecule has 0 radical (unpaired) electrons. The Bertz CT molecular complexity index is 1120. The van der Waals surface area contributed by atoms with Crippen molar-refractivity contribution in [3.05, 3.63) is 42.5 Å². The largest absolute Gasteiger partial charge is 0.436 e. The first-order valence-corrected chi connectivity index (χ1v) is 11.0. The van der Waals surface area contributed by atoms with Crippen LogP contribution in [0.1, 0.15) is 41.5 Å². The Morgan fingerprint density at radius 1 is 0.788 bits per heavy atom. The molecule has 8 heteroatoms. The Kier molecular flexibility index (Phi) is 7.19. The number of rotatable bonds is 7. The Hall–Kier alpha value is -3.23. The number of hydrogen-bond donors (Lipinski definition) is 4. The lowest BCUT2D eigenvalue weighted by Gasteiger charge is -2.20. The monoisotopic (exact) mass is 451 g/mol. The molecule has 2 aromatic carbocycles. The number of anilines is 2. The highest BCUT2D eigenvalue weighted by Gasteiger charge is 2.14. The van der Waals surface area contributed by atoms with Gasteiger partial charge in [0.1, 0.15) is 5.52 Å². The molecule has 8 nitrogen and oxygen atoms in total. The predicted octanol–water partition coefficient (Wildman–Crippen LogP) is 4.15. The zero-order valence-electron chi connectivity index (χ0n) is 20.1. The van der Waals surface area contributed by atoms with E-state index in [0.29, 0.717) is 28.4 Å². The number of nitrogens with one attached hydrogen (secondary N) is 4. The first-order chi connectivity index (χ1) is 15.4. The molecule has 176 valence electrons. The van der Waals surface area contributed by atoms with Crippen LogP contribution in [-0.4, -0.2) is 41.0 Å². The third kappa shape index (κ3) is 7.69. The van der Waals surface area contributed by atoms with Gasteiger partial charge in [0.15, 0.2) is 5.58 Å². The van der Waals surface area contributed by atoms with E-state index in [0.717, 1.165) is 5.56 Å². The minimum atomic E-state index is -0.135. The van der Waals surface area contributed by atoms with Crippen LogP contribution < -0.4 is 21.3 Å². The minimum absolute atomic E-state index is 0.105. The molecular weight excluding hydrogens is 418 g/mol. The van der Waals surface area contributed by atoms with Gasteiger partial charge in [0.25, 0.3) is 0 Å². The average Bonchev–Trinajstić information content (AvgIpc) is 3.14. The van der Waals surface area contributed by atoms with Crippen LogP contribution in [-0.2, 0) is 9.59 Å². The molecule has 0 aliphatic heterocycles. The van der Waals surface area contributed by atoms with Gasteiger partial charge in [0.2, 0.25) is 17.7 Å². The molecule has 0 spiro atoms. The van der Waals surface area contributed by atoms with E-state index in [1.807, 2.05) is 65.8 Å². The van der Waals surface area contributed by atoms with Crippen LogP contribution in [0.25, 0.3) is 22.6 Å². The second kappa shape index (κ2) is 9.72. The molecule has 0 atom stereocenters. The lowest BCUT2D eigenvalue weighted by Crippen LogP contribution is -2.41. The summed E-state index contributed by atoms with van der Waals surface area (Å²) in [5.74, 6) is 0.241. The molecule has 4 N–H and O–H groups in total. The highest BCUT2D eigenvalue weighted by atomic mass is 16.3. The average molecular weight is 452 g/mol. The molecule has 0 fully saturated rings. The third-order valence-electron chi connectivity index (χ3n) is 4.65. The topological polar surface area (TPSA) is 108 Å². The Balaban J connectivity index is 1.64. The molecule has 0 saturated carbocycles. The number of benzene rings is 2. The Labute approximate surface area is 194 Å². The van der Waals surface area contributed by atoms with Gasteiger partial charge >= 0.3 is 0 Å². The van der Waals surface area contributed by atoms with Crippen LogP contribution in [0.4, 0.5) is 11.4 Å². The van der Waals surface area contributed by atoms with Crippen molar-refractivity contribution in [1.29, 1.82) is 0 Å². The van der Waals surface area contributed by atoms with Gasteiger partial charge in [-0.25, -0.2) is 4.98 Å². The van der Waals surface area contributed by atoms with Gasteiger partial charge in [-0.05, 0) is 84.0 Å². The van der Waals surface area contributed by atoms with Crippen molar-refractivity contribution in [2.45, 2.75) is 52.6 Å². The third-order valence-corrected chi connectivity index (χ3v) is 4.65. The highest BCUT2D eigenvalue weighted by molar-refractivity contribution is 5.94. The number of oxazole rings is 1. The van der Waals surface area contributed by atoms with Crippen molar-refractivity contribution in [1.82, 2.24) is 15.6 Å². The number of hydrogen-bond acceptors (Lipinski definition) is 6. The van der Waals surface area contributed by atoms with Crippen LogP contribution in [0.2, 0.25) is 0 Å². The van der Waals surface area contributed by atoms with Crippen LogP contribution in [0.15, 0.2) is 46.9 Å². The van der Waals surface area contributed by atoms with Gasteiger partial charge in [-0.3, -0.25) is 9.59 Å². The first-order valence-electron chi connectivity index (χ1n) is 11.0. The van der Waals surface area contributed by atoms with E-state index >= 15 is 0 Å². The zero-order valence-corrected chi connectivity index (χ0v) is 20.1. The summed E-state index contributed by atoms with van der Waals surface area (Å²) in [6, 6.07) is 12.7. The molecule has 0 aliphatic carbocycles. The van der Waals surface area contributed by atoms with E-state index in [2.05, 4.69) is 26.3 Å². The van der Waals surface area contributed by atoms with Crippen LogP contribution in [0.5, 0.6) is 0 Å². The fourth-order valence-electron chi connectivity index (χ4n) is 2.93. The maximum absolute atomic E-state index is 12.2. The van der Waals surface area contributed by atoms with Crippen molar-refractivity contribution in [2.24, 2.45) is 0 Å². The van der Waals surface area contributed by atoms with Gasteiger partial charge in [0, 0.05) is 28.0 Å². The molecule has 3 aromatic rings. The smallest absolute Gasteiger partial charge is 0.238 e. The number of carbonyl (C=O) groups excluding carboxylic acids is 2. The van der Waals surface area contributed by atoms with Crippen LogP contribution in [0, 0.1) is 0 Å². The fraction of sp³-hybridized carbons (Fsp3) is 0.400. The molecule has 2 amide bonds. The maximum atomic E-state index is 12.2. The Morgan fingerprint density at radius 2 is 1.30 bits per heavy atom. The van der Waals surface area contributed by atoms with Gasteiger partial charge < -0.3 is 25.7 Å². The molecule has 1 heterocycles. The summed E-state index contributed by atoms with van der Waals surface area (Å²) in [6.07, 6.45) is 0. The number of amides is 2. The molecule has 1 aromatic heterocycles. The second-order valence-electron chi connectivity index (χ2n) is 10.1. The van der Waals surface area contributed by atoms with Crippen LogP contribution in [0.3, 0.4) is 0 Å². The van der Waals surface area contributed by atoms with E-state index in [9.17, 15) is 9.59 Å². The van der Waals surface area contributed by atoms with E-state index in [1.54, 1.807) is 18.2 Å². The standard InChI is InChI=1S/C25H33N5O3/c1-24(2,3)26-14-21(31)28-17-9-7-16(8-10-17)23-30-19-13-18(11-12-20(19)33-23)29-22(32)15-27-25(4,5)6/h7-13,26-27H,14-15H2,1-6H3,(H,28,31)(H,29,32). The first kappa shape index (κ1) is 24.4. The summed E-state index contributed by atoms with van der Waals surface area (Å²) in [4.78, 5) is 28.8. The van der Waals surface area contributed by atoms with E-state index in [1.165, 1.54) is 0 Å². The molecule has 0 aliphatic rings. The predicted molar refractivity (Wildman–Crippen MR) is 132 cm³/mol. The van der Waals surface area contributed by atoms with Crippen molar-refractivity contribution in [2.75, 3.05) is 23.7 Å². The quantitative estimate of drug-likeness (QED) is 0.430. The van der Waals surface area contributed by atoms with Gasteiger partial charge in [-0.15, -0.1) is 0 Å². The maximum Gasteiger partial charge on any atom is 0.238 e. The highest BCUT2D eigenvalue weighted by Crippen LogP contribution is 2.27. The molecule has 0 saturated heterocycles. The molecular formula is C25H33N5O3. The Morgan fingerprint density at radius 3 is 1.85 bits per heavy atom. The van der Waals surface area contributed by atoms with Crippen molar-refractivity contribution >= 4 is 34.3 Å². The molecule has 33 heavy (non-hydrogen) atoms. The van der Waals surface area contributed by atoms with Crippen molar-refractivity contribution in [3.63, 3.8) is 0 Å². The summed E-state index contributed by atoms with van der Waals surface area (Å²) in [6.45, 7) is 12.5. The SMILES string of the molecule is CC(C)(C)NCC(=O)Nc1ccc(-c2nc3cc(NC(=O)CNC(C)(C)C)ccc3o2)cc1. The molecule has 0 unspecified atom stereocenters. The lowest BCUT2D eigenvalue weighted by molar-refractivity contribution is -0.116. The van der Waals surface area contributed by atoms with E-state index < -0.39 is 0 Å². The zero-order chi connectivity index (χ0) is 24.2. The second-order valence-corrected chi connectivity index (χ2v) is 10.1. The summed E-state index contributed by atoms with van der Waals surface area (Å²) in [7, 11) is 0. The summed E-state index contributed by atoms with van der Waals surface area (Å²) in [5, 5.41) is 12.1. The summed E-state index contributed by atoms with van der Waals surface area (Å²) in [5.41, 5.74) is 3.16. The van der Waals surface area contributed by atoms with Crippen molar-refractivity contribution in [3.8, 4) is 11.5 Å².